The number of methoxy groups -OCH3 is 1. The number of hydrogen-bond donors (Lipinski definition) is 3. The Morgan fingerprint density at radius 2 is 1.92 bits per heavy atom. The molecule has 0 fully saturated rings. The number of carbonyl (C=O) groups excluding carboxylic acids is 1. The van der Waals surface area contributed by atoms with Crippen molar-refractivity contribution in [1.29, 1.82) is 0 Å². The van der Waals surface area contributed by atoms with E-state index in [4.69, 9.17) is 4.74 Å². The van der Waals surface area contributed by atoms with Crippen molar-refractivity contribution < 1.29 is 9.53 Å². The van der Waals surface area contributed by atoms with Crippen molar-refractivity contribution in [3.8, 4) is 5.75 Å². The fraction of sp³-hybridized carbons (Fsp3) is 0.190. The lowest BCUT2D eigenvalue weighted by atomic mass is 10.1. The predicted octanol–water partition coefficient (Wildman–Crippen LogP) is 4.02. The number of rotatable bonds is 4. The van der Waals surface area contributed by atoms with Crippen molar-refractivity contribution in [3.05, 3.63) is 66.5 Å². The van der Waals surface area contributed by atoms with Crippen LogP contribution in [0.4, 0.5) is 0 Å². The van der Waals surface area contributed by atoms with E-state index in [1.807, 2.05) is 42.7 Å². The largest absolute Gasteiger partial charge is 0.497 e. The van der Waals surface area contributed by atoms with Gasteiger partial charge in [-0.15, -0.1) is 0 Å². The monoisotopic (exact) mass is 349 g/mol. The van der Waals surface area contributed by atoms with Gasteiger partial charge in [-0.2, -0.15) is 0 Å². The van der Waals surface area contributed by atoms with Gasteiger partial charge < -0.3 is 20.0 Å². The number of ether oxygens (including phenoxy) is 1. The van der Waals surface area contributed by atoms with Crippen molar-refractivity contribution in [2.75, 3.05) is 13.7 Å². The zero-order valence-electron chi connectivity index (χ0n) is 15.0. The Hall–Kier alpha value is -3.21. The van der Waals surface area contributed by atoms with E-state index in [1.54, 1.807) is 7.11 Å². The first-order valence-corrected chi connectivity index (χ1v) is 8.58. The minimum Gasteiger partial charge on any atom is -0.497 e. The number of carbonyl (C=O) groups is 1. The van der Waals surface area contributed by atoms with Crippen molar-refractivity contribution in [1.82, 2.24) is 15.3 Å². The molecule has 4 aromatic rings. The highest BCUT2D eigenvalue weighted by Crippen LogP contribution is 2.23. The highest BCUT2D eigenvalue weighted by Gasteiger charge is 2.05. The van der Waals surface area contributed by atoms with Crippen LogP contribution in [-0.4, -0.2) is 29.5 Å². The van der Waals surface area contributed by atoms with Crippen molar-refractivity contribution in [2.24, 2.45) is 0 Å². The average Bonchev–Trinajstić information content (AvgIpc) is 3.28. The fourth-order valence-electron chi connectivity index (χ4n) is 2.86. The topological polar surface area (TPSA) is 69.9 Å². The van der Waals surface area contributed by atoms with Crippen molar-refractivity contribution in [2.45, 2.75) is 13.3 Å². The predicted molar refractivity (Wildman–Crippen MR) is 106 cm³/mol. The first-order chi connectivity index (χ1) is 12.7. The van der Waals surface area contributed by atoms with Crippen LogP contribution >= 0.6 is 0 Å². The van der Waals surface area contributed by atoms with E-state index in [1.165, 1.54) is 23.4 Å². The summed E-state index contributed by atoms with van der Waals surface area (Å²) in [5.74, 6) is 0.847. The zero-order chi connectivity index (χ0) is 18.4. The molecule has 0 bridgehead atoms. The number of hydrogen-bond acceptors (Lipinski definition) is 2. The maximum Gasteiger partial charge on any atom is 0.216 e. The molecule has 5 nitrogen and oxygen atoms in total. The highest BCUT2D eigenvalue weighted by atomic mass is 16.5. The molecule has 0 aliphatic rings. The Bertz CT molecular complexity index is 971. The van der Waals surface area contributed by atoms with Crippen LogP contribution in [0.2, 0.25) is 0 Å². The van der Waals surface area contributed by atoms with Gasteiger partial charge in [0.2, 0.25) is 5.91 Å². The van der Waals surface area contributed by atoms with E-state index in [0.717, 1.165) is 23.1 Å². The van der Waals surface area contributed by atoms with E-state index < -0.39 is 0 Å². The Kier molecular flexibility index (Phi) is 5.59. The average molecular weight is 349 g/mol. The summed E-state index contributed by atoms with van der Waals surface area (Å²) >= 11 is 0. The molecule has 0 unspecified atom stereocenters. The van der Waals surface area contributed by atoms with Crippen LogP contribution in [-0.2, 0) is 11.2 Å². The number of nitrogens with one attached hydrogen (secondary N) is 3. The van der Waals surface area contributed by atoms with Crippen molar-refractivity contribution >= 4 is 27.7 Å². The molecule has 0 atom stereocenters. The van der Waals surface area contributed by atoms with Gasteiger partial charge in [0.05, 0.1) is 7.11 Å². The van der Waals surface area contributed by atoms with Gasteiger partial charge in [0.25, 0.3) is 0 Å². The maximum absolute atomic E-state index is 10.8. The summed E-state index contributed by atoms with van der Waals surface area (Å²) in [7, 11) is 1.66. The summed E-state index contributed by atoms with van der Waals surface area (Å²) in [6, 6.07) is 16.2. The first kappa shape index (κ1) is 17.6. The Labute approximate surface area is 152 Å². The lowest BCUT2D eigenvalue weighted by Crippen LogP contribution is -2.22. The molecule has 1 amide bonds. The van der Waals surface area contributed by atoms with Crippen LogP contribution in [0.5, 0.6) is 5.75 Å². The lowest BCUT2D eigenvalue weighted by molar-refractivity contribution is -0.118. The first-order valence-electron chi connectivity index (χ1n) is 8.58. The van der Waals surface area contributed by atoms with Gasteiger partial charge in [0.1, 0.15) is 5.75 Å². The maximum atomic E-state index is 10.8. The second-order valence-electron chi connectivity index (χ2n) is 6.02. The van der Waals surface area contributed by atoms with Gasteiger partial charge in [-0.05, 0) is 47.7 Å². The zero-order valence-corrected chi connectivity index (χ0v) is 15.0. The summed E-state index contributed by atoms with van der Waals surface area (Å²) in [5, 5.41) is 5.22. The van der Waals surface area contributed by atoms with E-state index in [2.05, 4.69) is 33.5 Å². The number of aromatic amines is 2. The molecule has 0 saturated carbocycles. The summed E-state index contributed by atoms with van der Waals surface area (Å²) in [4.78, 5) is 17.1. The van der Waals surface area contributed by atoms with Crippen LogP contribution < -0.4 is 10.1 Å². The van der Waals surface area contributed by atoms with E-state index in [0.29, 0.717) is 6.54 Å². The molecule has 0 spiro atoms. The minimum absolute atomic E-state index is 0.00224. The normalized spacial score (nSPS) is 10.4. The van der Waals surface area contributed by atoms with Crippen molar-refractivity contribution in [3.63, 3.8) is 0 Å². The van der Waals surface area contributed by atoms with Gasteiger partial charge >= 0.3 is 0 Å². The summed E-state index contributed by atoms with van der Waals surface area (Å²) in [5.41, 5.74) is 3.48. The van der Waals surface area contributed by atoms with E-state index >= 15 is 0 Å². The molecule has 3 N–H and O–H groups in total. The minimum atomic E-state index is 0.00224. The van der Waals surface area contributed by atoms with Crippen LogP contribution in [0.25, 0.3) is 21.8 Å². The molecule has 0 aliphatic heterocycles. The molecule has 134 valence electrons. The second-order valence-corrected chi connectivity index (χ2v) is 6.02. The van der Waals surface area contributed by atoms with Crippen LogP contribution in [0, 0.1) is 0 Å². The van der Waals surface area contributed by atoms with Gasteiger partial charge in [-0.25, -0.2) is 0 Å². The SMILES string of the molecule is COc1ccc2[nH]cc(CCNC(C)=O)c2c1.c1ccc2[nH]ccc2c1. The molecular weight excluding hydrogens is 326 g/mol. The molecule has 2 heterocycles. The van der Waals surface area contributed by atoms with Gasteiger partial charge in [0.15, 0.2) is 0 Å². The Balaban J connectivity index is 0.000000181. The molecule has 26 heavy (non-hydrogen) atoms. The third kappa shape index (κ3) is 4.25. The van der Waals surface area contributed by atoms with E-state index in [9.17, 15) is 4.79 Å². The molecule has 0 aliphatic carbocycles. The van der Waals surface area contributed by atoms with Crippen LogP contribution in [0.15, 0.2) is 60.9 Å². The molecule has 0 saturated heterocycles. The fourth-order valence-corrected chi connectivity index (χ4v) is 2.86. The van der Waals surface area contributed by atoms with Gasteiger partial charge in [-0.3, -0.25) is 4.79 Å². The number of aromatic nitrogens is 2. The molecule has 0 radical (unpaired) electrons. The third-order valence-electron chi connectivity index (χ3n) is 4.21. The molecule has 2 aromatic carbocycles. The second kappa shape index (κ2) is 8.25. The quantitative estimate of drug-likeness (QED) is 0.521. The number of benzene rings is 2. The number of fused-ring (bicyclic) bond motifs is 2. The Morgan fingerprint density at radius 1 is 1.08 bits per heavy atom. The van der Waals surface area contributed by atoms with Gasteiger partial charge in [0, 0.05) is 42.3 Å². The molecule has 5 heteroatoms. The molecule has 2 aromatic heterocycles. The molecule has 4 rings (SSSR count). The summed E-state index contributed by atoms with van der Waals surface area (Å²) in [6.45, 7) is 2.18. The standard InChI is InChI=1S/C13H16N2O2.C8H7N/c1-9(16)14-6-5-10-8-15-13-4-3-11(17-2)7-12(10)13;1-2-4-8-7(3-1)5-6-9-8/h3-4,7-8,15H,5-6H2,1-2H3,(H,14,16);1-6,9H. The smallest absolute Gasteiger partial charge is 0.216 e. The third-order valence-corrected chi connectivity index (χ3v) is 4.21. The lowest BCUT2D eigenvalue weighted by Gasteiger charge is -2.03. The number of H-pyrrole nitrogens is 2. The summed E-state index contributed by atoms with van der Waals surface area (Å²) in [6.07, 6.45) is 4.74. The number of para-hydroxylation sites is 1. The van der Waals surface area contributed by atoms with E-state index in [-0.39, 0.29) is 5.91 Å². The van der Waals surface area contributed by atoms with Gasteiger partial charge in [-0.1, -0.05) is 18.2 Å². The highest BCUT2D eigenvalue weighted by molar-refractivity contribution is 5.84. The Morgan fingerprint density at radius 3 is 2.69 bits per heavy atom. The number of amides is 1. The summed E-state index contributed by atoms with van der Waals surface area (Å²) < 4.78 is 5.21. The van der Waals surface area contributed by atoms with Crippen LogP contribution in [0.3, 0.4) is 0 Å². The molecular formula is C21H23N3O2. The van der Waals surface area contributed by atoms with Crippen LogP contribution in [0.1, 0.15) is 12.5 Å².